The van der Waals surface area contributed by atoms with Crippen LogP contribution in [-0.2, 0) is 4.79 Å². The van der Waals surface area contributed by atoms with Crippen LogP contribution < -0.4 is 0 Å². The van der Waals surface area contributed by atoms with Gasteiger partial charge in [-0.2, -0.15) is 5.10 Å². The molecule has 1 aromatic heterocycles. The molecule has 0 atom stereocenters. The molecule has 0 radical (unpaired) electrons. The molecule has 4 nitrogen and oxygen atoms in total. The van der Waals surface area contributed by atoms with Crippen LogP contribution in [0, 0.1) is 13.8 Å². The molecule has 19 heavy (non-hydrogen) atoms. The first-order valence-electron chi connectivity index (χ1n) is 5.73. The molecule has 0 unspecified atom stereocenters. The monoisotopic (exact) mass is 320 g/mol. The zero-order chi connectivity index (χ0) is 14.0. The first-order chi connectivity index (χ1) is 9.00. The van der Waals surface area contributed by atoms with Crippen LogP contribution in [0.1, 0.15) is 17.0 Å². The van der Waals surface area contributed by atoms with Gasteiger partial charge < -0.3 is 5.11 Å². The van der Waals surface area contributed by atoms with Crippen LogP contribution in [0.5, 0.6) is 0 Å². The van der Waals surface area contributed by atoms with Crippen molar-refractivity contribution >= 4 is 28.0 Å². The maximum Gasteiger partial charge on any atom is 0.328 e. The minimum atomic E-state index is -0.968. The van der Waals surface area contributed by atoms with E-state index in [-0.39, 0.29) is 0 Å². The van der Waals surface area contributed by atoms with E-state index in [1.165, 1.54) is 0 Å². The van der Waals surface area contributed by atoms with E-state index in [4.69, 9.17) is 5.11 Å². The molecule has 0 aliphatic rings. The number of rotatable bonds is 3. The van der Waals surface area contributed by atoms with Gasteiger partial charge in [0.1, 0.15) is 0 Å². The number of hydrogen-bond acceptors (Lipinski definition) is 2. The summed E-state index contributed by atoms with van der Waals surface area (Å²) in [7, 11) is 0. The molecule has 0 aliphatic heterocycles. The average Bonchev–Trinajstić information content (AvgIpc) is 2.64. The van der Waals surface area contributed by atoms with E-state index in [9.17, 15) is 4.79 Å². The van der Waals surface area contributed by atoms with Crippen LogP contribution >= 0.6 is 15.9 Å². The number of para-hydroxylation sites is 1. The van der Waals surface area contributed by atoms with Gasteiger partial charge in [0.15, 0.2) is 0 Å². The highest BCUT2D eigenvalue weighted by Gasteiger charge is 2.11. The summed E-state index contributed by atoms with van der Waals surface area (Å²) in [5.41, 5.74) is 3.54. The Morgan fingerprint density at radius 1 is 1.37 bits per heavy atom. The van der Waals surface area contributed by atoms with E-state index in [1.54, 1.807) is 10.8 Å². The molecule has 0 fully saturated rings. The first kappa shape index (κ1) is 13.5. The summed E-state index contributed by atoms with van der Waals surface area (Å²) >= 11 is 3.49. The predicted octanol–water partition coefficient (Wildman–Crippen LogP) is 3.35. The molecule has 1 aromatic carbocycles. The zero-order valence-electron chi connectivity index (χ0n) is 10.6. The molecule has 1 N–H and O–H groups in total. The summed E-state index contributed by atoms with van der Waals surface area (Å²) in [6.45, 7) is 3.88. The molecule has 0 amide bonds. The Hall–Kier alpha value is -1.88. The molecule has 98 valence electrons. The number of aliphatic carboxylic acids is 1. The van der Waals surface area contributed by atoms with Gasteiger partial charge in [-0.25, -0.2) is 9.48 Å². The van der Waals surface area contributed by atoms with Crippen molar-refractivity contribution in [2.75, 3.05) is 0 Å². The fraction of sp³-hybridized carbons (Fsp3) is 0.143. The number of benzene rings is 1. The van der Waals surface area contributed by atoms with Gasteiger partial charge >= 0.3 is 5.97 Å². The molecule has 2 aromatic rings. The van der Waals surface area contributed by atoms with Gasteiger partial charge in [-0.1, -0.05) is 18.2 Å². The summed E-state index contributed by atoms with van der Waals surface area (Å²) in [6.07, 6.45) is 2.70. The molecule has 0 saturated heterocycles. The second-order valence-electron chi connectivity index (χ2n) is 4.13. The normalized spacial score (nSPS) is 11.1. The lowest BCUT2D eigenvalue weighted by Gasteiger charge is -2.08. The number of carboxylic acid groups (broad SMARTS) is 1. The van der Waals surface area contributed by atoms with Gasteiger partial charge in [0.25, 0.3) is 0 Å². The largest absolute Gasteiger partial charge is 0.478 e. The average molecular weight is 321 g/mol. The predicted molar refractivity (Wildman–Crippen MR) is 77.4 cm³/mol. The van der Waals surface area contributed by atoms with Crippen molar-refractivity contribution in [3.05, 3.63) is 51.8 Å². The summed E-state index contributed by atoms with van der Waals surface area (Å²) < 4.78 is 2.77. The summed E-state index contributed by atoms with van der Waals surface area (Å²) in [5, 5.41) is 13.2. The van der Waals surface area contributed by atoms with Crippen molar-refractivity contribution in [1.29, 1.82) is 0 Å². The van der Waals surface area contributed by atoms with Crippen LogP contribution in [0.2, 0.25) is 0 Å². The third kappa shape index (κ3) is 2.76. The molecular weight excluding hydrogens is 308 g/mol. The van der Waals surface area contributed by atoms with Crippen LogP contribution in [0.15, 0.2) is 34.8 Å². The maximum absolute atomic E-state index is 10.6. The molecule has 1 heterocycles. The topological polar surface area (TPSA) is 55.1 Å². The van der Waals surface area contributed by atoms with Crippen LogP contribution in [0.4, 0.5) is 0 Å². The number of aryl methyl sites for hydroxylation is 1. The molecule has 0 spiro atoms. The highest BCUT2D eigenvalue weighted by molar-refractivity contribution is 9.10. The molecule has 0 bridgehead atoms. The molecule has 5 heteroatoms. The number of halogens is 1. The Morgan fingerprint density at radius 2 is 2.05 bits per heavy atom. The highest BCUT2D eigenvalue weighted by Crippen LogP contribution is 2.25. The van der Waals surface area contributed by atoms with E-state index in [0.717, 1.165) is 33.2 Å². The van der Waals surface area contributed by atoms with Gasteiger partial charge in [0.2, 0.25) is 0 Å². The van der Waals surface area contributed by atoms with E-state index in [2.05, 4.69) is 21.0 Å². The van der Waals surface area contributed by atoms with Gasteiger partial charge in [-0.15, -0.1) is 0 Å². The number of carbonyl (C=O) groups is 1. The Balaban J connectivity index is 2.56. The van der Waals surface area contributed by atoms with Gasteiger partial charge in [-0.05, 0) is 41.9 Å². The van der Waals surface area contributed by atoms with Crippen molar-refractivity contribution in [3.63, 3.8) is 0 Å². The van der Waals surface area contributed by atoms with E-state index >= 15 is 0 Å². The zero-order valence-corrected chi connectivity index (χ0v) is 12.2. The molecule has 0 saturated carbocycles. The lowest BCUT2D eigenvalue weighted by Crippen LogP contribution is -2.01. The summed E-state index contributed by atoms with van der Waals surface area (Å²) in [4.78, 5) is 10.6. The van der Waals surface area contributed by atoms with Crippen LogP contribution in [0.25, 0.3) is 11.8 Å². The summed E-state index contributed by atoms with van der Waals surface area (Å²) in [5.74, 6) is -0.968. The fourth-order valence-corrected chi connectivity index (χ4v) is 2.09. The van der Waals surface area contributed by atoms with Crippen LogP contribution in [0.3, 0.4) is 0 Å². The lowest BCUT2D eigenvalue weighted by molar-refractivity contribution is -0.131. The number of carboxylic acids is 1. The Labute approximate surface area is 119 Å². The van der Waals surface area contributed by atoms with Gasteiger partial charge in [0, 0.05) is 11.6 Å². The maximum atomic E-state index is 10.6. The van der Waals surface area contributed by atoms with E-state index in [0.29, 0.717) is 0 Å². The van der Waals surface area contributed by atoms with Crippen molar-refractivity contribution in [2.45, 2.75) is 13.8 Å². The minimum Gasteiger partial charge on any atom is -0.478 e. The lowest BCUT2D eigenvalue weighted by atomic mass is 10.1. The third-order valence-electron chi connectivity index (χ3n) is 2.77. The van der Waals surface area contributed by atoms with Gasteiger partial charge in [-0.3, -0.25) is 0 Å². The molecule has 2 rings (SSSR count). The number of hydrogen-bond donors (Lipinski definition) is 1. The standard InChI is InChI=1S/C14H13BrN2O2/c1-9-14(15)10(2)17(16-9)12-6-4-3-5-11(12)7-8-13(18)19/h3-8H,1-2H3,(H,18,19). The number of nitrogens with zero attached hydrogens (tertiary/aromatic N) is 2. The van der Waals surface area contributed by atoms with Gasteiger partial charge in [0.05, 0.1) is 21.5 Å². The summed E-state index contributed by atoms with van der Waals surface area (Å²) in [6, 6.07) is 7.54. The van der Waals surface area contributed by atoms with Crippen molar-refractivity contribution in [3.8, 4) is 5.69 Å². The van der Waals surface area contributed by atoms with E-state index < -0.39 is 5.97 Å². The van der Waals surface area contributed by atoms with Crippen molar-refractivity contribution in [1.82, 2.24) is 9.78 Å². The first-order valence-corrected chi connectivity index (χ1v) is 6.52. The minimum absolute atomic E-state index is 0.808. The van der Waals surface area contributed by atoms with E-state index in [1.807, 2.05) is 38.1 Å². The number of aromatic nitrogens is 2. The molecular formula is C14H13BrN2O2. The Morgan fingerprint density at radius 3 is 2.63 bits per heavy atom. The second-order valence-corrected chi connectivity index (χ2v) is 4.92. The highest BCUT2D eigenvalue weighted by atomic mass is 79.9. The Kier molecular flexibility index (Phi) is 3.85. The van der Waals surface area contributed by atoms with Crippen LogP contribution in [-0.4, -0.2) is 20.9 Å². The molecule has 0 aliphatic carbocycles. The third-order valence-corrected chi connectivity index (χ3v) is 3.92. The Bertz CT molecular complexity index is 659. The smallest absolute Gasteiger partial charge is 0.328 e. The SMILES string of the molecule is Cc1nn(-c2ccccc2C=CC(=O)O)c(C)c1Br. The quantitative estimate of drug-likeness (QED) is 0.882. The van der Waals surface area contributed by atoms with Crippen molar-refractivity contribution < 1.29 is 9.90 Å². The van der Waals surface area contributed by atoms with Crippen molar-refractivity contribution in [2.24, 2.45) is 0 Å². The fourth-order valence-electron chi connectivity index (χ4n) is 1.84. The second kappa shape index (κ2) is 5.40.